The van der Waals surface area contributed by atoms with Crippen LogP contribution in [-0.2, 0) is 4.79 Å². The van der Waals surface area contributed by atoms with E-state index in [9.17, 15) is 14.0 Å². The maximum Gasteiger partial charge on any atom is 0.258 e. The van der Waals surface area contributed by atoms with Crippen molar-refractivity contribution >= 4 is 11.8 Å². The number of primary amides is 1. The van der Waals surface area contributed by atoms with Crippen LogP contribution in [-0.4, -0.2) is 39.1 Å². The Kier molecular flexibility index (Phi) is 5.77. The molecule has 0 aliphatic heterocycles. The minimum atomic E-state index is -0.588. The summed E-state index contributed by atoms with van der Waals surface area (Å²) in [6.45, 7) is 5.42. The molecular weight excluding hydrogens is 371 g/mol. The van der Waals surface area contributed by atoms with Crippen LogP contribution in [0.25, 0.3) is 16.9 Å². The van der Waals surface area contributed by atoms with Crippen LogP contribution >= 0.6 is 0 Å². The molecule has 0 aliphatic rings. The SMILES string of the molecule is Cc1ccc(-c2nn(-c3ccc(F)cc3)cc2C(=O)N(CC(N)=O)C(C)C)cc1. The van der Waals surface area contributed by atoms with Crippen LogP contribution in [0.15, 0.2) is 54.7 Å². The number of amides is 2. The van der Waals surface area contributed by atoms with Gasteiger partial charge in [-0.1, -0.05) is 29.8 Å². The standard InChI is InChI=1S/C22H23FN4O2/c1-14(2)26(13-20(24)28)22(29)19-12-27(18-10-8-17(23)9-11-18)25-21(19)16-6-4-15(3)5-7-16/h4-12,14H,13H2,1-3H3,(H2,24,28). The number of hydrogen-bond donors (Lipinski definition) is 1. The lowest BCUT2D eigenvalue weighted by Crippen LogP contribution is -2.42. The van der Waals surface area contributed by atoms with Crippen molar-refractivity contribution in [2.45, 2.75) is 26.8 Å². The third-order valence-electron chi connectivity index (χ3n) is 4.57. The molecule has 0 saturated carbocycles. The summed E-state index contributed by atoms with van der Waals surface area (Å²) in [6, 6.07) is 13.2. The summed E-state index contributed by atoms with van der Waals surface area (Å²) in [7, 11) is 0. The number of hydrogen-bond acceptors (Lipinski definition) is 3. The lowest BCUT2D eigenvalue weighted by Gasteiger charge is -2.25. The molecule has 7 heteroatoms. The average Bonchev–Trinajstić information content (AvgIpc) is 3.11. The molecule has 2 aromatic carbocycles. The monoisotopic (exact) mass is 394 g/mol. The highest BCUT2D eigenvalue weighted by Crippen LogP contribution is 2.26. The van der Waals surface area contributed by atoms with Crippen LogP contribution in [0.1, 0.15) is 29.8 Å². The first-order chi connectivity index (χ1) is 13.8. The molecule has 0 fully saturated rings. The van der Waals surface area contributed by atoms with Gasteiger partial charge in [0.2, 0.25) is 5.91 Å². The largest absolute Gasteiger partial charge is 0.368 e. The number of aryl methyl sites for hydroxylation is 1. The Bertz CT molecular complexity index is 1020. The van der Waals surface area contributed by atoms with E-state index in [1.165, 1.54) is 21.7 Å². The summed E-state index contributed by atoms with van der Waals surface area (Å²) in [6.07, 6.45) is 1.60. The number of carbonyl (C=O) groups is 2. The molecule has 0 bridgehead atoms. The Hall–Kier alpha value is -3.48. The molecule has 0 saturated heterocycles. The summed E-state index contributed by atoms with van der Waals surface area (Å²) in [4.78, 5) is 26.2. The van der Waals surface area contributed by atoms with Gasteiger partial charge in [-0.2, -0.15) is 5.10 Å². The number of benzene rings is 2. The van der Waals surface area contributed by atoms with Gasteiger partial charge in [-0.15, -0.1) is 0 Å². The van der Waals surface area contributed by atoms with Crippen molar-refractivity contribution in [1.82, 2.24) is 14.7 Å². The third-order valence-corrected chi connectivity index (χ3v) is 4.57. The molecule has 0 aliphatic carbocycles. The molecule has 6 nitrogen and oxygen atoms in total. The van der Waals surface area contributed by atoms with Gasteiger partial charge in [0.15, 0.2) is 0 Å². The van der Waals surface area contributed by atoms with Crippen molar-refractivity contribution in [1.29, 1.82) is 0 Å². The number of aromatic nitrogens is 2. The van der Waals surface area contributed by atoms with E-state index in [-0.39, 0.29) is 24.3 Å². The fraction of sp³-hybridized carbons (Fsp3) is 0.227. The van der Waals surface area contributed by atoms with Crippen LogP contribution in [0.5, 0.6) is 0 Å². The molecule has 0 radical (unpaired) electrons. The molecule has 29 heavy (non-hydrogen) atoms. The zero-order valence-corrected chi connectivity index (χ0v) is 16.6. The Labute approximate surface area is 168 Å². The van der Waals surface area contributed by atoms with Crippen LogP contribution in [0.2, 0.25) is 0 Å². The smallest absolute Gasteiger partial charge is 0.258 e. The average molecular weight is 394 g/mol. The second-order valence-corrected chi connectivity index (χ2v) is 7.17. The number of halogens is 1. The van der Waals surface area contributed by atoms with Crippen molar-refractivity contribution in [2.75, 3.05) is 6.54 Å². The summed E-state index contributed by atoms with van der Waals surface area (Å²) in [5.74, 6) is -1.29. The van der Waals surface area contributed by atoms with E-state index in [0.29, 0.717) is 16.9 Å². The van der Waals surface area contributed by atoms with Crippen molar-refractivity contribution in [3.63, 3.8) is 0 Å². The first-order valence-corrected chi connectivity index (χ1v) is 9.28. The minimum absolute atomic E-state index is 0.189. The summed E-state index contributed by atoms with van der Waals surface area (Å²) in [5, 5.41) is 4.58. The van der Waals surface area contributed by atoms with E-state index >= 15 is 0 Å². The maximum absolute atomic E-state index is 13.3. The Morgan fingerprint density at radius 3 is 2.28 bits per heavy atom. The van der Waals surface area contributed by atoms with Gasteiger partial charge in [-0.05, 0) is 45.0 Å². The predicted molar refractivity (Wildman–Crippen MR) is 109 cm³/mol. The van der Waals surface area contributed by atoms with Gasteiger partial charge in [-0.25, -0.2) is 9.07 Å². The van der Waals surface area contributed by atoms with Crippen molar-refractivity contribution in [2.24, 2.45) is 5.73 Å². The molecular formula is C22H23FN4O2. The summed E-state index contributed by atoms with van der Waals surface area (Å²) >= 11 is 0. The van der Waals surface area contributed by atoms with Crippen molar-refractivity contribution in [3.8, 4) is 16.9 Å². The zero-order valence-electron chi connectivity index (χ0n) is 16.6. The molecule has 0 spiro atoms. The van der Waals surface area contributed by atoms with Crippen LogP contribution in [0.4, 0.5) is 4.39 Å². The van der Waals surface area contributed by atoms with Crippen molar-refractivity contribution < 1.29 is 14.0 Å². The van der Waals surface area contributed by atoms with E-state index in [2.05, 4.69) is 5.10 Å². The Morgan fingerprint density at radius 1 is 1.10 bits per heavy atom. The van der Waals surface area contributed by atoms with E-state index in [0.717, 1.165) is 11.1 Å². The van der Waals surface area contributed by atoms with Crippen LogP contribution in [0, 0.1) is 12.7 Å². The molecule has 2 amide bonds. The molecule has 3 aromatic rings. The highest BCUT2D eigenvalue weighted by atomic mass is 19.1. The molecule has 3 rings (SSSR count). The number of carbonyl (C=O) groups excluding carboxylic acids is 2. The molecule has 1 aromatic heterocycles. The van der Waals surface area contributed by atoms with Gasteiger partial charge in [0.25, 0.3) is 5.91 Å². The van der Waals surface area contributed by atoms with Gasteiger partial charge in [0, 0.05) is 17.8 Å². The fourth-order valence-corrected chi connectivity index (χ4v) is 2.99. The van der Waals surface area contributed by atoms with E-state index in [1.54, 1.807) is 18.3 Å². The second-order valence-electron chi connectivity index (χ2n) is 7.17. The zero-order chi connectivity index (χ0) is 21.1. The number of rotatable bonds is 6. The first-order valence-electron chi connectivity index (χ1n) is 9.28. The molecule has 1 heterocycles. The molecule has 0 unspecified atom stereocenters. The van der Waals surface area contributed by atoms with Gasteiger partial charge in [0.1, 0.15) is 11.5 Å². The highest BCUT2D eigenvalue weighted by Gasteiger charge is 2.26. The van der Waals surface area contributed by atoms with Gasteiger partial charge >= 0.3 is 0 Å². The van der Waals surface area contributed by atoms with E-state index in [4.69, 9.17) is 5.73 Å². The predicted octanol–water partition coefficient (Wildman–Crippen LogP) is 3.32. The quantitative estimate of drug-likeness (QED) is 0.696. The Balaban J connectivity index is 2.12. The first kappa shape index (κ1) is 20.3. The molecule has 2 N–H and O–H groups in total. The van der Waals surface area contributed by atoms with E-state index < -0.39 is 5.91 Å². The second kappa shape index (κ2) is 8.26. The molecule has 150 valence electrons. The van der Waals surface area contributed by atoms with Crippen molar-refractivity contribution in [3.05, 3.63) is 71.7 Å². The number of nitrogens with two attached hydrogens (primary N) is 1. The third kappa shape index (κ3) is 4.51. The lowest BCUT2D eigenvalue weighted by molar-refractivity contribution is -0.119. The van der Waals surface area contributed by atoms with Gasteiger partial charge in [-0.3, -0.25) is 9.59 Å². The maximum atomic E-state index is 13.3. The summed E-state index contributed by atoms with van der Waals surface area (Å²) in [5.41, 5.74) is 8.62. The normalized spacial score (nSPS) is 10.9. The Morgan fingerprint density at radius 2 is 1.72 bits per heavy atom. The fourth-order valence-electron chi connectivity index (χ4n) is 2.99. The number of nitrogens with zero attached hydrogens (tertiary/aromatic N) is 3. The lowest BCUT2D eigenvalue weighted by atomic mass is 10.1. The van der Waals surface area contributed by atoms with Gasteiger partial charge < -0.3 is 10.6 Å². The summed E-state index contributed by atoms with van der Waals surface area (Å²) < 4.78 is 14.8. The van der Waals surface area contributed by atoms with E-state index in [1.807, 2.05) is 45.0 Å². The van der Waals surface area contributed by atoms with Gasteiger partial charge in [0.05, 0.1) is 17.8 Å². The minimum Gasteiger partial charge on any atom is -0.368 e. The van der Waals surface area contributed by atoms with Crippen LogP contribution in [0.3, 0.4) is 0 Å². The van der Waals surface area contributed by atoms with Crippen LogP contribution < -0.4 is 5.73 Å². The topological polar surface area (TPSA) is 81.2 Å². The highest BCUT2D eigenvalue weighted by molar-refractivity contribution is 6.01. The molecule has 0 atom stereocenters.